The molecule has 1 atom stereocenters. The van der Waals surface area contributed by atoms with Gasteiger partial charge in [-0.3, -0.25) is 4.79 Å². The van der Waals surface area contributed by atoms with Gasteiger partial charge in [0.1, 0.15) is 0 Å². The third-order valence-electron chi connectivity index (χ3n) is 3.05. The van der Waals surface area contributed by atoms with Gasteiger partial charge in [-0.05, 0) is 12.8 Å². The predicted octanol–water partition coefficient (Wildman–Crippen LogP) is 2.38. The molecule has 0 radical (unpaired) electrons. The van der Waals surface area contributed by atoms with E-state index in [1.54, 1.807) is 0 Å². The molecule has 0 bridgehead atoms. The summed E-state index contributed by atoms with van der Waals surface area (Å²) in [6.45, 7) is 1.81. The molecule has 0 spiro atoms. The number of rotatable bonds is 3. The smallest absolute Gasteiger partial charge is 0.224 e. The van der Waals surface area contributed by atoms with Gasteiger partial charge in [0.2, 0.25) is 5.91 Å². The summed E-state index contributed by atoms with van der Waals surface area (Å²) >= 11 is 0. The van der Waals surface area contributed by atoms with Crippen molar-refractivity contribution in [3.8, 4) is 6.07 Å². The molecule has 0 aromatic rings. The van der Waals surface area contributed by atoms with Crippen molar-refractivity contribution in [2.45, 2.75) is 57.9 Å². The fourth-order valence-corrected chi connectivity index (χ4v) is 2.00. The highest BCUT2D eigenvalue weighted by atomic mass is 16.1. The number of nitrogens with zero attached hydrogens (tertiary/aromatic N) is 1. The summed E-state index contributed by atoms with van der Waals surface area (Å²) in [5, 5.41) is 11.6. The molecule has 84 valence electrons. The first-order valence-corrected chi connectivity index (χ1v) is 5.91. The summed E-state index contributed by atoms with van der Waals surface area (Å²) in [4.78, 5) is 11.7. The molecule has 1 aliphatic rings. The van der Waals surface area contributed by atoms with Gasteiger partial charge in [-0.25, -0.2) is 0 Å². The standard InChI is InChI=1S/C12H20N2O/c1-10(8-9-13)12(15)14-11-6-4-2-3-5-7-11/h10-11H,2-8H2,1H3,(H,14,15). The predicted molar refractivity (Wildman–Crippen MR) is 59.0 cm³/mol. The lowest BCUT2D eigenvalue weighted by molar-refractivity contribution is -0.125. The minimum atomic E-state index is -0.168. The van der Waals surface area contributed by atoms with E-state index in [1.807, 2.05) is 13.0 Å². The average Bonchev–Trinajstić information content (AvgIpc) is 2.46. The molecule has 1 N–H and O–H groups in total. The van der Waals surface area contributed by atoms with Crippen molar-refractivity contribution in [1.29, 1.82) is 5.26 Å². The molecule has 1 saturated carbocycles. The largest absolute Gasteiger partial charge is 0.353 e. The van der Waals surface area contributed by atoms with Crippen LogP contribution in [0.3, 0.4) is 0 Å². The molecule has 1 aliphatic carbocycles. The molecular weight excluding hydrogens is 188 g/mol. The Morgan fingerprint density at radius 3 is 2.53 bits per heavy atom. The molecule has 0 heterocycles. The number of nitriles is 1. The molecular formula is C12H20N2O. The highest BCUT2D eigenvalue weighted by molar-refractivity contribution is 5.78. The minimum absolute atomic E-state index is 0.0449. The summed E-state index contributed by atoms with van der Waals surface area (Å²) in [5.74, 6) is -0.123. The summed E-state index contributed by atoms with van der Waals surface area (Å²) in [5.41, 5.74) is 0. The van der Waals surface area contributed by atoms with E-state index in [0.717, 1.165) is 12.8 Å². The van der Waals surface area contributed by atoms with Crippen LogP contribution in [0.5, 0.6) is 0 Å². The Bertz CT molecular complexity index is 236. The van der Waals surface area contributed by atoms with E-state index < -0.39 is 0 Å². The van der Waals surface area contributed by atoms with Crippen LogP contribution in [0.4, 0.5) is 0 Å². The molecule has 1 amide bonds. The Morgan fingerprint density at radius 1 is 1.40 bits per heavy atom. The lowest BCUT2D eigenvalue weighted by Crippen LogP contribution is -2.37. The third-order valence-corrected chi connectivity index (χ3v) is 3.05. The summed E-state index contributed by atoms with van der Waals surface area (Å²) in [6, 6.07) is 2.39. The normalized spacial score (nSPS) is 20.0. The summed E-state index contributed by atoms with van der Waals surface area (Å²) in [6.07, 6.45) is 7.55. The highest BCUT2D eigenvalue weighted by Crippen LogP contribution is 2.17. The van der Waals surface area contributed by atoms with Crippen LogP contribution in [0, 0.1) is 17.2 Å². The first-order valence-electron chi connectivity index (χ1n) is 5.91. The van der Waals surface area contributed by atoms with Gasteiger partial charge in [0, 0.05) is 18.4 Å². The van der Waals surface area contributed by atoms with Crippen molar-refractivity contribution < 1.29 is 4.79 Å². The van der Waals surface area contributed by atoms with E-state index in [0.29, 0.717) is 12.5 Å². The van der Waals surface area contributed by atoms with Crippen molar-refractivity contribution in [3.63, 3.8) is 0 Å². The van der Waals surface area contributed by atoms with Crippen LogP contribution in [0.15, 0.2) is 0 Å². The number of amides is 1. The number of hydrogen-bond donors (Lipinski definition) is 1. The Morgan fingerprint density at radius 2 is 2.00 bits per heavy atom. The molecule has 0 saturated heterocycles. The fourth-order valence-electron chi connectivity index (χ4n) is 2.00. The number of hydrogen-bond acceptors (Lipinski definition) is 2. The molecule has 0 aromatic carbocycles. The SMILES string of the molecule is CC(CC#N)C(=O)NC1CCCCCC1. The topological polar surface area (TPSA) is 52.9 Å². The zero-order valence-corrected chi connectivity index (χ0v) is 9.46. The van der Waals surface area contributed by atoms with E-state index in [1.165, 1.54) is 25.7 Å². The van der Waals surface area contributed by atoms with Gasteiger partial charge in [-0.1, -0.05) is 32.6 Å². The highest BCUT2D eigenvalue weighted by Gasteiger charge is 2.18. The van der Waals surface area contributed by atoms with Gasteiger partial charge in [0.25, 0.3) is 0 Å². The fraction of sp³-hybridized carbons (Fsp3) is 0.833. The maximum Gasteiger partial charge on any atom is 0.224 e. The Hall–Kier alpha value is -1.04. The van der Waals surface area contributed by atoms with Crippen LogP contribution >= 0.6 is 0 Å². The van der Waals surface area contributed by atoms with E-state index >= 15 is 0 Å². The molecule has 3 heteroatoms. The van der Waals surface area contributed by atoms with Gasteiger partial charge in [0.15, 0.2) is 0 Å². The number of nitrogens with one attached hydrogen (secondary N) is 1. The monoisotopic (exact) mass is 208 g/mol. The quantitative estimate of drug-likeness (QED) is 0.724. The Kier molecular flexibility index (Phi) is 5.17. The average molecular weight is 208 g/mol. The zero-order valence-electron chi connectivity index (χ0n) is 9.46. The van der Waals surface area contributed by atoms with Gasteiger partial charge in [-0.2, -0.15) is 5.26 Å². The zero-order chi connectivity index (χ0) is 11.1. The molecule has 1 rings (SSSR count). The van der Waals surface area contributed by atoms with Gasteiger partial charge in [-0.15, -0.1) is 0 Å². The Labute approximate surface area is 91.9 Å². The molecule has 0 aromatic heterocycles. The van der Waals surface area contributed by atoms with Gasteiger partial charge in [0.05, 0.1) is 6.07 Å². The first-order chi connectivity index (χ1) is 7.24. The van der Waals surface area contributed by atoms with E-state index in [-0.39, 0.29) is 11.8 Å². The van der Waals surface area contributed by atoms with Crippen LogP contribution in [-0.4, -0.2) is 11.9 Å². The second kappa shape index (κ2) is 6.44. The van der Waals surface area contributed by atoms with Gasteiger partial charge >= 0.3 is 0 Å². The Balaban J connectivity index is 2.32. The molecule has 1 fully saturated rings. The van der Waals surface area contributed by atoms with Gasteiger partial charge < -0.3 is 5.32 Å². The number of carbonyl (C=O) groups excluding carboxylic acids is 1. The van der Waals surface area contributed by atoms with Crippen LogP contribution < -0.4 is 5.32 Å². The van der Waals surface area contributed by atoms with E-state index in [2.05, 4.69) is 5.32 Å². The summed E-state index contributed by atoms with van der Waals surface area (Å²) in [7, 11) is 0. The van der Waals surface area contributed by atoms with Crippen molar-refractivity contribution in [2.24, 2.45) is 5.92 Å². The van der Waals surface area contributed by atoms with Crippen LogP contribution in [0.25, 0.3) is 0 Å². The van der Waals surface area contributed by atoms with Crippen molar-refractivity contribution in [2.75, 3.05) is 0 Å². The van der Waals surface area contributed by atoms with E-state index in [4.69, 9.17) is 5.26 Å². The first kappa shape index (κ1) is 12.0. The minimum Gasteiger partial charge on any atom is -0.353 e. The lowest BCUT2D eigenvalue weighted by Gasteiger charge is -2.18. The van der Waals surface area contributed by atoms with Crippen LogP contribution in [0.2, 0.25) is 0 Å². The van der Waals surface area contributed by atoms with E-state index in [9.17, 15) is 4.79 Å². The maximum absolute atomic E-state index is 11.7. The molecule has 15 heavy (non-hydrogen) atoms. The maximum atomic E-state index is 11.7. The van der Waals surface area contributed by atoms with Crippen molar-refractivity contribution >= 4 is 5.91 Å². The van der Waals surface area contributed by atoms with Crippen molar-refractivity contribution in [1.82, 2.24) is 5.32 Å². The van der Waals surface area contributed by atoms with Crippen LogP contribution in [0.1, 0.15) is 51.9 Å². The summed E-state index contributed by atoms with van der Waals surface area (Å²) < 4.78 is 0. The second-order valence-corrected chi connectivity index (χ2v) is 4.46. The lowest BCUT2D eigenvalue weighted by atomic mass is 10.1. The number of carbonyl (C=O) groups is 1. The van der Waals surface area contributed by atoms with Crippen LogP contribution in [-0.2, 0) is 4.79 Å². The second-order valence-electron chi connectivity index (χ2n) is 4.46. The van der Waals surface area contributed by atoms with Crippen molar-refractivity contribution in [3.05, 3.63) is 0 Å². The molecule has 1 unspecified atom stereocenters. The molecule has 0 aliphatic heterocycles. The molecule has 3 nitrogen and oxygen atoms in total. The third kappa shape index (κ3) is 4.33.